The lowest BCUT2D eigenvalue weighted by Crippen LogP contribution is -2.38. The maximum Gasteiger partial charge on any atom is 0.254 e. The zero-order chi connectivity index (χ0) is 14.8. The van der Waals surface area contributed by atoms with E-state index in [2.05, 4.69) is 9.55 Å². The second kappa shape index (κ2) is 5.47. The monoisotopic (exact) mass is 286 g/mol. The first-order valence-corrected chi connectivity index (χ1v) is 7.00. The smallest absolute Gasteiger partial charge is 0.254 e. The largest absolute Gasteiger partial charge is 0.494 e. The number of amides is 1. The average molecular weight is 286 g/mol. The Hall–Kier alpha value is -2.50. The maximum atomic E-state index is 12.6. The van der Waals surface area contributed by atoms with Gasteiger partial charge in [-0.05, 0) is 19.1 Å². The fraction of sp³-hybridized carbons (Fsp3) is 0.333. The number of nitrogens with two attached hydrogens (primary N) is 1. The first kappa shape index (κ1) is 13.5. The van der Waals surface area contributed by atoms with Gasteiger partial charge in [0, 0.05) is 42.8 Å². The minimum absolute atomic E-state index is 0.0440. The lowest BCUT2D eigenvalue weighted by atomic mass is 10.1. The second-order valence-electron chi connectivity index (χ2n) is 4.99. The molecule has 1 aliphatic rings. The molecular formula is C15H18N4O2. The highest BCUT2D eigenvalue weighted by Crippen LogP contribution is 2.21. The van der Waals surface area contributed by atoms with Gasteiger partial charge in [-0.15, -0.1) is 0 Å². The fourth-order valence-corrected chi connectivity index (χ4v) is 2.52. The van der Waals surface area contributed by atoms with Crippen molar-refractivity contribution in [1.82, 2.24) is 14.5 Å². The number of nitrogens with zero attached hydrogens (tertiary/aromatic N) is 3. The predicted octanol–water partition coefficient (Wildman–Crippen LogP) is 1.52. The minimum Gasteiger partial charge on any atom is -0.494 e. The molecule has 2 heterocycles. The highest BCUT2D eigenvalue weighted by molar-refractivity contribution is 5.95. The van der Waals surface area contributed by atoms with Gasteiger partial charge >= 0.3 is 0 Å². The second-order valence-corrected chi connectivity index (χ2v) is 4.99. The number of ether oxygens (including phenoxy) is 1. The molecule has 0 radical (unpaired) electrons. The van der Waals surface area contributed by atoms with Crippen LogP contribution >= 0.6 is 0 Å². The summed E-state index contributed by atoms with van der Waals surface area (Å²) in [6.45, 7) is 4.39. The first-order chi connectivity index (χ1) is 10.2. The van der Waals surface area contributed by atoms with Crippen LogP contribution in [-0.4, -0.2) is 33.5 Å². The van der Waals surface area contributed by atoms with Crippen molar-refractivity contribution >= 4 is 11.6 Å². The molecule has 2 aromatic rings. The van der Waals surface area contributed by atoms with Crippen LogP contribution in [0, 0.1) is 0 Å². The van der Waals surface area contributed by atoms with Crippen LogP contribution < -0.4 is 10.5 Å². The standard InChI is InChI=1S/C15H18N4O2/c1-2-21-13-8-11(7-12(16)9-13)15(20)19-6-5-18-4-3-17-14(18)10-19/h3-4,7-9H,2,5-6,10,16H2,1H3. The zero-order valence-corrected chi connectivity index (χ0v) is 12.0. The number of fused-ring (bicyclic) bond motifs is 1. The topological polar surface area (TPSA) is 73.4 Å². The van der Waals surface area contributed by atoms with E-state index in [-0.39, 0.29) is 5.91 Å². The number of benzene rings is 1. The van der Waals surface area contributed by atoms with E-state index in [4.69, 9.17) is 10.5 Å². The van der Waals surface area contributed by atoms with Gasteiger partial charge < -0.3 is 19.9 Å². The lowest BCUT2D eigenvalue weighted by Gasteiger charge is -2.28. The number of anilines is 1. The third-order valence-corrected chi connectivity index (χ3v) is 3.52. The third-order valence-electron chi connectivity index (χ3n) is 3.52. The van der Waals surface area contributed by atoms with Crippen LogP contribution in [0.5, 0.6) is 5.75 Å². The Bertz CT molecular complexity index is 665. The summed E-state index contributed by atoms with van der Waals surface area (Å²) in [4.78, 5) is 18.7. The van der Waals surface area contributed by atoms with E-state index in [0.717, 1.165) is 12.4 Å². The summed E-state index contributed by atoms with van der Waals surface area (Å²) >= 11 is 0. The quantitative estimate of drug-likeness (QED) is 0.868. The van der Waals surface area contributed by atoms with Gasteiger partial charge in [-0.1, -0.05) is 0 Å². The van der Waals surface area contributed by atoms with E-state index in [9.17, 15) is 4.79 Å². The van der Waals surface area contributed by atoms with Gasteiger partial charge in [0.1, 0.15) is 11.6 Å². The number of carbonyl (C=O) groups excluding carboxylic acids is 1. The van der Waals surface area contributed by atoms with Crippen molar-refractivity contribution in [3.63, 3.8) is 0 Å². The summed E-state index contributed by atoms with van der Waals surface area (Å²) < 4.78 is 7.51. The Morgan fingerprint density at radius 3 is 3.05 bits per heavy atom. The Morgan fingerprint density at radius 2 is 2.24 bits per heavy atom. The molecule has 1 aliphatic heterocycles. The number of aromatic nitrogens is 2. The molecule has 21 heavy (non-hydrogen) atoms. The summed E-state index contributed by atoms with van der Waals surface area (Å²) in [7, 11) is 0. The molecular weight excluding hydrogens is 268 g/mol. The van der Waals surface area contributed by atoms with Crippen LogP contribution in [-0.2, 0) is 13.1 Å². The van der Waals surface area contributed by atoms with Gasteiger partial charge in [0.2, 0.25) is 0 Å². The van der Waals surface area contributed by atoms with Crippen molar-refractivity contribution in [2.75, 3.05) is 18.9 Å². The molecule has 2 N–H and O–H groups in total. The Kier molecular flexibility index (Phi) is 3.51. The number of rotatable bonds is 3. The Morgan fingerprint density at radius 1 is 1.38 bits per heavy atom. The molecule has 0 bridgehead atoms. The van der Waals surface area contributed by atoms with E-state index in [1.54, 1.807) is 29.3 Å². The molecule has 0 saturated heterocycles. The van der Waals surface area contributed by atoms with Crippen molar-refractivity contribution in [3.8, 4) is 5.75 Å². The molecule has 0 saturated carbocycles. The highest BCUT2D eigenvalue weighted by atomic mass is 16.5. The van der Waals surface area contributed by atoms with Crippen LogP contribution in [0.1, 0.15) is 23.1 Å². The van der Waals surface area contributed by atoms with Crippen molar-refractivity contribution in [2.45, 2.75) is 20.0 Å². The molecule has 1 aromatic carbocycles. The normalized spacial score (nSPS) is 13.9. The number of nitrogen functional groups attached to an aromatic ring is 1. The van der Waals surface area contributed by atoms with Gasteiger partial charge in [-0.3, -0.25) is 4.79 Å². The molecule has 3 rings (SSSR count). The number of carbonyl (C=O) groups is 1. The number of imidazole rings is 1. The fourth-order valence-electron chi connectivity index (χ4n) is 2.52. The molecule has 0 unspecified atom stereocenters. The van der Waals surface area contributed by atoms with Gasteiger partial charge in [0.05, 0.1) is 13.2 Å². The number of hydrogen-bond donors (Lipinski definition) is 1. The van der Waals surface area contributed by atoms with E-state index in [0.29, 0.717) is 36.7 Å². The van der Waals surface area contributed by atoms with Crippen LogP contribution in [0.15, 0.2) is 30.6 Å². The number of hydrogen-bond acceptors (Lipinski definition) is 4. The molecule has 0 atom stereocenters. The van der Waals surface area contributed by atoms with Crippen LogP contribution in [0.4, 0.5) is 5.69 Å². The molecule has 0 fully saturated rings. The van der Waals surface area contributed by atoms with Crippen LogP contribution in [0.2, 0.25) is 0 Å². The molecule has 0 aliphatic carbocycles. The summed E-state index contributed by atoms with van der Waals surface area (Å²) in [6, 6.07) is 5.15. The first-order valence-electron chi connectivity index (χ1n) is 7.00. The maximum absolute atomic E-state index is 12.6. The average Bonchev–Trinajstić information content (AvgIpc) is 2.93. The summed E-state index contributed by atoms with van der Waals surface area (Å²) in [5.41, 5.74) is 6.93. The van der Waals surface area contributed by atoms with Crippen LogP contribution in [0.3, 0.4) is 0 Å². The van der Waals surface area contributed by atoms with Gasteiger partial charge in [0.15, 0.2) is 0 Å². The van der Waals surface area contributed by atoms with Crippen molar-refractivity contribution in [2.24, 2.45) is 0 Å². The van der Waals surface area contributed by atoms with Crippen molar-refractivity contribution < 1.29 is 9.53 Å². The van der Waals surface area contributed by atoms with Gasteiger partial charge in [-0.2, -0.15) is 0 Å². The molecule has 110 valence electrons. The van der Waals surface area contributed by atoms with Crippen LogP contribution in [0.25, 0.3) is 0 Å². The van der Waals surface area contributed by atoms with Crippen molar-refractivity contribution in [3.05, 3.63) is 42.0 Å². The SMILES string of the molecule is CCOc1cc(N)cc(C(=O)N2CCn3ccnc3C2)c1. The third kappa shape index (κ3) is 2.69. The van der Waals surface area contributed by atoms with E-state index in [1.807, 2.05) is 13.1 Å². The van der Waals surface area contributed by atoms with E-state index >= 15 is 0 Å². The van der Waals surface area contributed by atoms with Gasteiger partial charge in [-0.25, -0.2) is 4.98 Å². The lowest BCUT2D eigenvalue weighted by molar-refractivity contribution is 0.0707. The highest BCUT2D eigenvalue weighted by Gasteiger charge is 2.22. The Labute approximate surface area is 123 Å². The molecule has 6 heteroatoms. The Balaban J connectivity index is 1.82. The van der Waals surface area contributed by atoms with Crippen molar-refractivity contribution in [1.29, 1.82) is 0 Å². The summed E-state index contributed by atoms with van der Waals surface area (Å²) in [5.74, 6) is 1.49. The summed E-state index contributed by atoms with van der Waals surface area (Å²) in [6.07, 6.45) is 3.70. The van der Waals surface area contributed by atoms with E-state index < -0.39 is 0 Å². The van der Waals surface area contributed by atoms with E-state index in [1.165, 1.54) is 0 Å². The summed E-state index contributed by atoms with van der Waals surface area (Å²) in [5, 5.41) is 0. The molecule has 1 aromatic heterocycles. The molecule has 0 spiro atoms. The molecule has 6 nitrogen and oxygen atoms in total. The zero-order valence-electron chi connectivity index (χ0n) is 12.0. The molecule has 1 amide bonds. The predicted molar refractivity (Wildman–Crippen MR) is 79.0 cm³/mol. The minimum atomic E-state index is -0.0440. The van der Waals surface area contributed by atoms with Gasteiger partial charge in [0.25, 0.3) is 5.91 Å².